The highest BCUT2D eigenvalue weighted by Gasteiger charge is 2.15. The molecule has 0 aliphatic carbocycles. The van der Waals surface area contributed by atoms with Crippen molar-refractivity contribution in [1.29, 1.82) is 0 Å². The van der Waals surface area contributed by atoms with E-state index in [1.165, 1.54) is 30.5 Å². The number of hydrogen-bond donors (Lipinski definition) is 0. The van der Waals surface area contributed by atoms with Gasteiger partial charge in [-0.3, -0.25) is 19.1 Å². The van der Waals surface area contributed by atoms with Crippen molar-refractivity contribution in [1.82, 2.24) is 14.3 Å². The summed E-state index contributed by atoms with van der Waals surface area (Å²) in [6.45, 7) is 7.28. The van der Waals surface area contributed by atoms with Crippen molar-refractivity contribution >= 4 is 63.4 Å². The second-order valence-corrected chi connectivity index (χ2v) is 12.6. The number of ether oxygens (including phenoxy) is 1. The van der Waals surface area contributed by atoms with Crippen LogP contribution in [-0.4, -0.2) is 51.4 Å². The van der Waals surface area contributed by atoms with E-state index >= 15 is 0 Å². The van der Waals surface area contributed by atoms with E-state index in [4.69, 9.17) is 11.6 Å². The lowest BCUT2D eigenvalue weighted by Gasteiger charge is -2.20. The van der Waals surface area contributed by atoms with Crippen molar-refractivity contribution < 1.29 is 18.7 Å². The second kappa shape index (κ2) is 17.5. The molecule has 0 fully saturated rings. The van der Waals surface area contributed by atoms with Crippen molar-refractivity contribution in [3.8, 4) is 0 Å². The van der Waals surface area contributed by atoms with Crippen molar-refractivity contribution in [3.05, 3.63) is 73.3 Å². The van der Waals surface area contributed by atoms with Gasteiger partial charge in [-0.1, -0.05) is 67.5 Å². The van der Waals surface area contributed by atoms with Crippen LogP contribution >= 0.6 is 46.5 Å². The molecule has 3 aromatic rings. The number of halogens is 2. The molecule has 13 heteroatoms. The van der Waals surface area contributed by atoms with Crippen LogP contribution in [0.5, 0.6) is 0 Å². The molecule has 8 nitrogen and oxygen atoms in total. The Hall–Kier alpha value is -2.54. The number of rotatable bonds is 10. The van der Waals surface area contributed by atoms with Gasteiger partial charge in [0.25, 0.3) is 5.24 Å². The number of thioether (sulfide) groups is 2. The van der Waals surface area contributed by atoms with E-state index in [0.717, 1.165) is 73.7 Å². The Balaban J connectivity index is 0.000000250. The molecular formula is C29H36ClFN4O4S3. The molecule has 1 aliphatic heterocycles. The van der Waals surface area contributed by atoms with Crippen LogP contribution in [0.4, 0.5) is 14.9 Å². The normalized spacial score (nSPS) is 12.7. The molecule has 2 heterocycles. The lowest BCUT2D eigenvalue weighted by atomic mass is 10.2. The van der Waals surface area contributed by atoms with Gasteiger partial charge in [0.2, 0.25) is 4.80 Å². The quantitative estimate of drug-likeness (QED) is 0.174. The molecule has 1 aliphatic rings. The summed E-state index contributed by atoms with van der Waals surface area (Å²) in [6.07, 6.45) is 3.95. The fourth-order valence-corrected chi connectivity index (χ4v) is 6.91. The topological polar surface area (TPSA) is 85.9 Å². The third-order valence-electron chi connectivity index (χ3n) is 6.13. The molecule has 0 radical (unpaired) electrons. The van der Waals surface area contributed by atoms with Crippen LogP contribution in [0.15, 0.2) is 57.1 Å². The van der Waals surface area contributed by atoms with Crippen LogP contribution in [-0.2, 0) is 28.4 Å². The molecule has 0 unspecified atom stereocenters. The Morgan fingerprint density at radius 3 is 2.40 bits per heavy atom. The number of benzene rings is 2. The number of methoxy groups -OCH3 is 1. The van der Waals surface area contributed by atoms with Crippen molar-refractivity contribution in [2.75, 3.05) is 26.0 Å². The smallest absolute Gasteiger partial charge is 0.325 e. The van der Waals surface area contributed by atoms with E-state index in [0.29, 0.717) is 22.8 Å². The highest BCUT2D eigenvalue weighted by atomic mass is 35.5. The van der Waals surface area contributed by atoms with E-state index < -0.39 is 11.8 Å². The summed E-state index contributed by atoms with van der Waals surface area (Å²) in [6, 6.07) is 12.8. The van der Waals surface area contributed by atoms with E-state index in [-0.39, 0.29) is 26.6 Å². The Bertz CT molecular complexity index is 1450. The summed E-state index contributed by atoms with van der Waals surface area (Å²) in [5, 5.41) is 0.405. The molecule has 1 aromatic heterocycles. The predicted octanol–water partition coefficient (Wildman–Crippen LogP) is 6.96. The minimum atomic E-state index is -0.580. The third kappa shape index (κ3) is 10.0. The van der Waals surface area contributed by atoms with E-state index in [1.807, 2.05) is 23.1 Å². The van der Waals surface area contributed by atoms with Crippen molar-refractivity contribution in [2.45, 2.75) is 63.3 Å². The molecule has 2 aromatic carbocycles. The monoisotopic (exact) mass is 654 g/mol. The maximum absolute atomic E-state index is 14.3. The van der Waals surface area contributed by atoms with Gasteiger partial charge in [0, 0.05) is 36.8 Å². The number of amides is 1. The first kappa shape index (κ1) is 34.0. The molecule has 0 saturated heterocycles. The standard InChI is InChI=1S/C15H15ClFN3O3S2.C14H21NOS/c1-23-13(21)8-24-12-7-11(10(17)6-9(12)16)18-14-19-4-2-3-5-20(19)15(22)25-14;1-3-10-15(11-4-2)14(16)17-12-13-8-6-5-7-9-13/h6-7H,2-5,8H2,1H3;5-9H,3-4,10-12H2,1-2H3/b18-14-;. The Kier molecular flexibility index (Phi) is 14.2. The summed E-state index contributed by atoms with van der Waals surface area (Å²) in [5.74, 6) is -0.156. The SMILES string of the molecule is CCCN(CCC)C(=O)SCc1ccccc1.COC(=O)CSc1cc(/N=c2\sc(=O)n3n2CCCC3)c(F)cc1Cl. The lowest BCUT2D eigenvalue weighted by Crippen LogP contribution is -2.31. The molecule has 0 atom stereocenters. The molecule has 0 bridgehead atoms. The molecule has 42 heavy (non-hydrogen) atoms. The lowest BCUT2D eigenvalue weighted by molar-refractivity contribution is -0.137. The van der Waals surface area contributed by atoms with Crippen molar-refractivity contribution in [3.63, 3.8) is 0 Å². The number of carbonyl (C=O) groups excluding carboxylic acids is 2. The molecule has 0 saturated carbocycles. The van der Waals surface area contributed by atoms with Crippen LogP contribution in [0, 0.1) is 5.82 Å². The van der Waals surface area contributed by atoms with Gasteiger partial charge in [0.05, 0.1) is 17.9 Å². The van der Waals surface area contributed by atoms with Gasteiger partial charge in [-0.25, -0.2) is 14.1 Å². The first-order valence-corrected chi connectivity index (χ1v) is 16.9. The Morgan fingerprint density at radius 2 is 1.76 bits per heavy atom. The molecule has 0 spiro atoms. The predicted molar refractivity (Wildman–Crippen MR) is 170 cm³/mol. The fraction of sp³-hybridized carbons (Fsp3) is 0.448. The summed E-state index contributed by atoms with van der Waals surface area (Å²) < 4.78 is 22.3. The number of fused-ring (bicyclic) bond motifs is 1. The number of esters is 1. The van der Waals surface area contributed by atoms with Crippen LogP contribution in [0.2, 0.25) is 5.02 Å². The van der Waals surface area contributed by atoms with E-state index in [2.05, 4.69) is 35.7 Å². The average Bonchev–Trinajstić information content (AvgIpc) is 3.32. The van der Waals surface area contributed by atoms with Gasteiger partial charge in [-0.05, 0) is 54.7 Å². The van der Waals surface area contributed by atoms with Gasteiger partial charge in [0.15, 0.2) is 0 Å². The Morgan fingerprint density at radius 1 is 1.10 bits per heavy atom. The molecule has 228 valence electrons. The maximum Gasteiger partial charge on any atom is 0.325 e. The third-order valence-corrected chi connectivity index (χ3v) is 9.44. The van der Waals surface area contributed by atoms with Gasteiger partial charge in [-0.15, -0.1) is 11.8 Å². The molecular weight excluding hydrogens is 619 g/mol. The van der Waals surface area contributed by atoms with Crippen LogP contribution < -0.4 is 9.67 Å². The first-order chi connectivity index (χ1) is 20.3. The highest BCUT2D eigenvalue weighted by molar-refractivity contribution is 8.12. The molecule has 4 rings (SSSR count). The van der Waals surface area contributed by atoms with Gasteiger partial charge < -0.3 is 9.64 Å². The van der Waals surface area contributed by atoms with E-state index in [1.54, 1.807) is 9.36 Å². The first-order valence-electron chi connectivity index (χ1n) is 13.8. The maximum atomic E-state index is 14.3. The number of aromatic nitrogens is 2. The second-order valence-electron chi connectivity index (χ2n) is 9.34. The summed E-state index contributed by atoms with van der Waals surface area (Å²) in [7, 11) is 1.30. The summed E-state index contributed by atoms with van der Waals surface area (Å²) >= 11 is 9.58. The minimum Gasteiger partial charge on any atom is -0.468 e. The largest absolute Gasteiger partial charge is 0.468 e. The zero-order chi connectivity index (χ0) is 30.5. The zero-order valence-electron chi connectivity index (χ0n) is 24.0. The Labute approximate surface area is 262 Å². The molecule has 0 N–H and O–H groups in total. The van der Waals surface area contributed by atoms with E-state index in [9.17, 15) is 18.8 Å². The van der Waals surface area contributed by atoms with Crippen LogP contribution in [0.1, 0.15) is 45.1 Å². The van der Waals surface area contributed by atoms with Gasteiger partial charge >= 0.3 is 10.8 Å². The fourth-order valence-electron chi connectivity index (χ4n) is 4.08. The van der Waals surface area contributed by atoms with Gasteiger partial charge in [-0.2, -0.15) is 0 Å². The van der Waals surface area contributed by atoms with Crippen LogP contribution in [0.3, 0.4) is 0 Å². The van der Waals surface area contributed by atoms with Crippen LogP contribution in [0.25, 0.3) is 0 Å². The number of nitrogens with zero attached hydrogens (tertiary/aromatic N) is 4. The van der Waals surface area contributed by atoms with Crippen molar-refractivity contribution in [2.24, 2.45) is 4.99 Å². The highest BCUT2D eigenvalue weighted by Crippen LogP contribution is 2.33. The summed E-state index contributed by atoms with van der Waals surface area (Å²) in [5.41, 5.74) is 1.29. The summed E-state index contributed by atoms with van der Waals surface area (Å²) in [4.78, 5) is 42.4. The number of carbonyl (C=O) groups is 2. The molecule has 1 amide bonds. The average molecular weight is 655 g/mol. The minimum absolute atomic E-state index is 0.0605. The van der Waals surface area contributed by atoms with Gasteiger partial charge in [0.1, 0.15) is 11.5 Å². The zero-order valence-corrected chi connectivity index (χ0v) is 27.2. The number of hydrogen-bond acceptors (Lipinski definition) is 8.